The van der Waals surface area contributed by atoms with Crippen LogP contribution in [0, 0.1) is 5.82 Å². The molecule has 0 aromatic heterocycles. The number of halogens is 3. The monoisotopic (exact) mass is 294 g/mol. The second kappa shape index (κ2) is 5.71. The Bertz CT molecular complexity index is 344. The van der Waals surface area contributed by atoms with Crippen LogP contribution in [0.3, 0.4) is 0 Å². The van der Waals surface area contributed by atoms with E-state index in [1.807, 2.05) is 0 Å². The maximum atomic E-state index is 13.2. The van der Waals surface area contributed by atoms with Crippen LogP contribution in [0.5, 0.6) is 5.75 Å². The van der Waals surface area contributed by atoms with Crippen LogP contribution in [0.4, 0.5) is 4.39 Å². The van der Waals surface area contributed by atoms with Crippen LogP contribution in [0.15, 0.2) is 16.6 Å². The van der Waals surface area contributed by atoms with Crippen molar-refractivity contribution in [1.29, 1.82) is 0 Å². The molecular weight excluding hydrogens is 282 g/mol. The summed E-state index contributed by atoms with van der Waals surface area (Å²) in [6.45, 7) is 2.06. The maximum absolute atomic E-state index is 13.2. The molecule has 84 valence electrons. The van der Waals surface area contributed by atoms with Crippen LogP contribution >= 0.6 is 27.5 Å². The molecule has 0 saturated carbocycles. The van der Waals surface area contributed by atoms with Gasteiger partial charge in [0, 0.05) is 11.6 Å². The van der Waals surface area contributed by atoms with E-state index in [2.05, 4.69) is 22.9 Å². The first-order valence-corrected chi connectivity index (χ1v) is 6.00. The molecule has 4 heteroatoms. The van der Waals surface area contributed by atoms with Gasteiger partial charge in [-0.15, -0.1) is 11.6 Å². The van der Waals surface area contributed by atoms with Gasteiger partial charge in [0.05, 0.1) is 17.0 Å². The quantitative estimate of drug-likeness (QED) is 0.733. The van der Waals surface area contributed by atoms with Crippen molar-refractivity contribution in [2.75, 3.05) is 7.11 Å². The Hall–Kier alpha value is -0.280. The molecule has 1 atom stereocenters. The Morgan fingerprint density at radius 1 is 1.53 bits per heavy atom. The predicted molar refractivity (Wildman–Crippen MR) is 64.2 cm³/mol. The second-order valence-electron chi connectivity index (χ2n) is 3.26. The van der Waals surface area contributed by atoms with E-state index in [0.29, 0.717) is 10.2 Å². The topological polar surface area (TPSA) is 9.23 Å². The smallest absolute Gasteiger partial charge is 0.141 e. The van der Waals surface area contributed by atoms with Gasteiger partial charge in [0.25, 0.3) is 0 Å². The molecule has 0 N–H and O–H groups in total. The van der Waals surface area contributed by atoms with Crippen molar-refractivity contribution >= 4 is 27.5 Å². The van der Waals surface area contributed by atoms with Gasteiger partial charge in [0.2, 0.25) is 0 Å². The molecule has 0 saturated heterocycles. The summed E-state index contributed by atoms with van der Waals surface area (Å²) in [5.41, 5.74) is 0.828. The van der Waals surface area contributed by atoms with E-state index in [1.54, 1.807) is 6.07 Å². The van der Waals surface area contributed by atoms with E-state index in [9.17, 15) is 4.39 Å². The molecule has 0 aliphatic rings. The number of ether oxygens (including phenoxy) is 1. The summed E-state index contributed by atoms with van der Waals surface area (Å²) in [6.07, 6.45) is 1.82. The third-order valence-electron chi connectivity index (χ3n) is 2.15. The standard InChI is InChI=1S/C11H13BrClFO/c1-3-4-9(13)7-5-8(12)10(14)6-11(7)15-2/h5-6,9H,3-4H2,1-2H3. The molecule has 0 fully saturated rings. The van der Waals surface area contributed by atoms with Crippen molar-refractivity contribution < 1.29 is 9.13 Å². The molecule has 1 aromatic rings. The number of hydrogen-bond donors (Lipinski definition) is 0. The molecule has 0 aliphatic carbocycles. The van der Waals surface area contributed by atoms with E-state index in [1.165, 1.54) is 13.2 Å². The SMILES string of the molecule is CCCC(Cl)c1cc(Br)c(F)cc1OC. The van der Waals surface area contributed by atoms with Crippen LogP contribution in [-0.4, -0.2) is 7.11 Å². The number of alkyl halides is 1. The molecule has 1 nitrogen and oxygen atoms in total. The first-order chi connectivity index (χ1) is 7.10. The maximum Gasteiger partial charge on any atom is 0.141 e. The van der Waals surface area contributed by atoms with Gasteiger partial charge >= 0.3 is 0 Å². The van der Waals surface area contributed by atoms with Gasteiger partial charge in [0.1, 0.15) is 11.6 Å². The zero-order valence-electron chi connectivity index (χ0n) is 8.69. The Morgan fingerprint density at radius 2 is 2.20 bits per heavy atom. The molecule has 0 heterocycles. The Kier molecular flexibility index (Phi) is 4.87. The summed E-state index contributed by atoms with van der Waals surface area (Å²) in [5.74, 6) is 0.167. The van der Waals surface area contributed by atoms with Crippen molar-refractivity contribution in [3.63, 3.8) is 0 Å². The first-order valence-electron chi connectivity index (χ1n) is 4.77. The number of rotatable bonds is 4. The van der Waals surface area contributed by atoms with Gasteiger partial charge in [-0.05, 0) is 28.4 Å². The molecule has 0 amide bonds. The highest BCUT2D eigenvalue weighted by atomic mass is 79.9. The highest BCUT2D eigenvalue weighted by Crippen LogP contribution is 2.36. The minimum Gasteiger partial charge on any atom is -0.496 e. The van der Waals surface area contributed by atoms with Crippen molar-refractivity contribution in [2.45, 2.75) is 25.1 Å². The summed E-state index contributed by atoms with van der Waals surface area (Å²) in [5, 5.41) is -0.137. The second-order valence-corrected chi connectivity index (χ2v) is 4.65. The van der Waals surface area contributed by atoms with Gasteiger partial charge in [-0.2, -0.15) is 0 Å². The van der Waals surface area contributed by atoms with E-state index in [0.717, 1.165) is 18.4 Å². The van der Waals surface area contributed by atoms with Crippen LogP contribution < -0.4 is 4.74 Å². The van der Waals surface area contributed by atoms with Crippen molar-refractivity contribution in [3.05, 3.63) is 28.0 Å². The summed E-state index contributed by atoms with van der Waals surface area (Å²) in [7, 11) is 1.52. The Morgan fingerprint density at radius 3 is 2.73 bits per heavy atom. The summed E-state index contributed by atoms with van der Waals surface area (Å²) in [4.78, 5) is 0. The first kappa shape index (κ1) is 12.8. The molecule has 0 radical (unpaired) electrons. The van der Waals surface area contributed by atoms with Crippen LogP contribution in [0.1, 0.15) is 30.7 Å². The van der Waals surface area contributed by atoms with E-state index < -0.39 is 0 Å². The molecular formula is C11H13BrClFO. The van der Waals surface area contributed by atoms with E-state index in [-0.39, 0.29) is 11.2 Å². The average Bonchev–Trinajstić information content (AvgIpc) is 2.21. The van der Waals surface area contributed by atoms with Crippen molar-refractivity contribution in [2.24, 2.45) is 0 Å². The lowest BCUT2D eigenvalue weighted by atomic mass is 10.1. The molecule has 1 rings (SSSR count). The Labute approximate surface area is 103 Å². The fourth-order valence-electron chi connectivity index (χ4n) is 1.37. The van der Waals surface area contributed by atoms with Crippen molar-refractivity contribution in [1.82, 2.24) is 0 Å². The molecule has 1 aromatic carbocycles. The van der Waals surface area contributed by atoms with Gasteiger partial charge in [0.15, 0.2) is 0 Å². The Balaban J connectivity index is 3.09. The summed E-state index contributed by atoms with van der Waals surface area (Å²) < 4.78 is 18.7. The molecule has 1 unspecified atom stereocenters. The number of benzene rings is 1. The molecule has 0 spiro atoms. The number of methoxy groups -OCH3 is 1. The largest absolute Gasteiger partial charge is 0.496 e. The van der Waals surface area contributed by atoms with Gasteiger partial charge in [-0.25, -0.2) is 4.39 Å². The molecule has 15 heavy (non-hydrogen) atoms. The van der Waals surface area contributed by atoms with Gasteiger partial charge in [-0.3, -0.25) is 0 Å². The lowest BCUT2D eigenvalue weighted by Crippen LogP contribution is -1.97. The highest BCUT2D eigenvalue weighted by Gasteiger charge is 2.15. The predicted octanol–water partition coefficient (Wildman–Crippen LogP) is 4.68. The zero-order chi connectivity index (χ0) is 11.4. The van der Waals surface area contributed by atoms with Crippen molar-refractivity contribution in [3.8, 4) is 5.75 Å². The lowest BCUT2D eigenvalue weighted by Gasteiger charge is -2.14. The fourth-order valence-corrected chi connectivity index (χ4v) is 2.12. The van der Waals surface area contributed by atoms with Crippen LogP contribution in [0.25, 0.3) is 0 Å². The summed E-state index contributed by atoms with van der Waals surface area (Å²) in [6, 6.07) is 3.03. The van der Waals surface area contributed by atoms with E-state index in [4.69, 9.17) is 16.3 Å². The minimum atomic E-state index is -0.337. The zero-order valence-corrected chi connectivity index (χ0v) is 11.0. The van der Waals surface area contributed by atoms with E-state index >= 15 is 0 Å². The number of hydrogen-bond acceptors (Lipinski definition) is 1. The van der Waals surface area contributed by atoms with Crippen LogP contribution in [-0.2, 0) is 0 Å². The fraction of sp³-hybridized carbons (Fsp3) is 0.455. The minimum absolute atomic E-state index is 0.137. The van der Waals surface area contributed by atoms with Gasteiger partial charge in [-0.1, -0.05) is 13.3 Å². The lowest BCUT2D eigenvalue weighted by molar-refractivity contribution is 0.404. The van der Waals surface area contributed by atoms with Crippen LogP contribution in [0.2, 0.25) is 0 Å². The normalized spacial score (nSPS) is 12.6. The molecule has 0 aliphatic heterocycles. The molecule has 0 bridgehead atoms. The average molecular weight is 296 g/mol. The third-order valence-corrected chi connectivity index (χ3v) is 3.21. The van der Waals surface area contributed by atoms with Gasteiger partial charge < -0.3 is 4.74 Å². The highest BCUT2D eigenvalue weighted by molar-refractivity contribution is 9.10. The summed E-state index contributed by atoms with van der Waals surface area (Å²) >= 11 is 9.33. The third kappa shape index (κ3) is 3.08.